The number of hydrogen-bond donors (Lipinski definition) is 1. The molecule has 0 aliphatic carbocycles. The van der Waals surface area contributed by atoms with Gasteiger partial charge in [-0.1, -0.05) is 6.07 Å². The maximum atomic E-state index is 12.5. The number of nitrogens with one attached hydrogen (secondary N) is 1. The average molecular weight is 354 g/mol. The molecule has 2 aromatic carbocycles. The topological polar surface area (TPSA) is 120 Å². The number of hydrogen-bond acceptors (Lipinski definition) is 7. The van der Waals surface area contributed by atoms with E-state index in [1.54, 1.807) is 18.2 Å². The third kappa shape index (κ3) is 3.36. The molecule has 1 amide bonds. The number of amides is 1. The summed E-state index contributed by atoms with van der Waals surface area (Å²) in [6, 6.07) is 9.29. The van der Waals surface area contributed by atoms with E-state index in [4.69, 9.17) is 9.15 Å². The van der Waals surface area contributed by atoms with E-state index in [-0.39, 0.29) is 17.0 Å². The molecular weight excluding hydrogens is 340 g/mol. The van der Waals surface area contributed by atoms with Crippen molar-refractivity contribution in [2.75, 3.05) is 12.4 Å². The largest absolute Gasteiger partial charge is 0.490 e. The summed E-state index contributed by atoms with van der Waals surface area (Å²) in [5.41, 5.74) is 1.84. The minimum Gasteiger partial charge on any atom is -0.490 e. The molecule has 1 aromatic heterocycles. The Morgan fingerprint density at radius 2 is 2.08 bits per heavy atom. The van der Waals surface area contributed by atoms with Gasteiger partial charge in [0.1, 0.15) is 0 Å². The number of nitro benzene ring substituents is 1. The minimum absolute atomic E-state index is 0.0844. The number of benzene rings is 2. The number of nitrogens with zero attached hydrogens (tertiary/aromatic N) is 3. The summed E-state index contributed by atoms with van der Waals surface area (Å²) in [5, 5.41) is 21.3. The van der Waals surface area contributed by atoms with Crippen molar-refractivity contribution in [3.63, 3.8) is 0 Å². The number of carbonyl (C=O) groups excluding carboxylic acids is 1. The number of aryl methyl sites for hydroxylation is 1. The molecule has 3 aromatic rings. The van der Waals surface area contributed by atoms with Crippen LogP contribution in [-0.4, -0.2) is 28.1 Å². The lowest BCUT2D eigenvalue weighted by atomic mass is 10.1. The van der Waals surface area contributed by atoms with Crippen molar-refractivity contribution >= 4 is 17.3 Å². The molecule has 132 valence electrons. The molecular formula is C17H14N4O5. The fourth-order valence-corrected chi connectivity index (χ4v) is 2.36. The fourth-order valence-electron chi connectivity index (χ4n) is 2.36. The Labute approximate surface area is 147 Å². The van der Waals surface area contributed by atoms with Crippen LogP contribution in [0.15, 0.2) is 47.2 Å². The number of nitro groups is 1. The van der Waals surface area contributed by atoms with Crippen LogP contribution in [0.5, 0.6) is 5.75 Å². The second-order valence-corrected chi connectivity index (χ2v) is 5.37. The number of rotatable bonds is 5. The molecule has 0 fully saturated rings. The number of aromatic nitrogens is 2. The van der Waals surface area contributed by atoms with Gasteiger partial charge in [-0.25, -0.2) is 0 Å². The third-order valence-electron chi connectivity index (χ3n) is 3.73. The Balaban J connectivity index is 1.90. The first-order valence-electron chi connectivity index (χ1n) is 7.50. The van der Waals surface area contributed by atoms with Gasteiger partial charge in [-0.15, -0.1) is 10.2 Å². The molecule has 0 aliphatic heterocycles. The highest BCUT2D eigenvalue weighted by molar-refractivity contribution is 6.05. The van der Waals surface area contributed by atoms with Crippen LogP contribution in [0.25, 0.3) is 11.5 Å². The van der Waals surface area contributed by atoms with Crippen molar-refractivity contribution < 1.29 is 18.9 Å². The number of carbonyl (C=O) groups is 1. The van der Waals surface area contributed by atoms with Gasteiger partial charge in [0.05, 0.1) is 12.0 Å². The van der Waals surface area contributed by atoms with E-state index in [2.05, 4.69) is 15.5 Å². The molecule has 9 heteroatoms. The van der Waals surface area contributed by atoms with Gasteiger partial charge < -0.3 is 14.5 Å². The predicted octanol–water partition coefficient (Wildman–Crippen LogP) is 3.21. The summed E-state index contributed by atoms with van der Waals surface area (Å²) >= 11 is 0. The van der Waals surface area contributed by atoms with Crippen molar-refractivity contribution in [1.29, 1.82) is 0 Å². The fraction of sp³-hybridized carbons (Fsp3) is 0.118. The summed E-state index contributed by atoms with van der Waals surface area (Å²) < 4.78 is 10.1. The zero-order valence-electron chi connectivity index (χ0n) is 13.9. The Hall–Kier alpha value is -3.75. The summed E-state index contributed by atoms with van der Waals surface area (Å²) in [4.78, 5) is 23.0. The molecule has 0 atom stereocenters. The molecule has 3 rings (SSSR count). The molecule has 1 N–H and O–H groups in total. The summed E-state index contributed by atoms with van der Waals surface area (Å²) in [5.74, 6) is -0.0803. The van der Waals surface area contributed by atoms with Crippen molar-refractivity contribution in [3.8, 4) is 17.2 Å². The van der Waals surface area contributed by atoms with Gasteiger partial charge in [-0.3, -0.25) is 14.9 Å². The van der Waals surface area contributed by atoms with Gasteiger partial charge in [0, 0.05) is 22.9 Å². The number of ether oxygens (including phenoxy) is 1. The average Bonchev–Trinajstić information content (AvgIpc) is 3.17. The van der Waals surface area contributed by atoms with Crippen LogP contribution in [0.3, 0.4) is 0 Å². The molecule has 0 aliphatic rings. The van der Waals surface area contributed by atoms with Crippen molar-refractivity contribution in [3.05, 3.63) is 64.0 Å². The van der Waals surface area contributed by atoms with E-state index in [0.717, 1.165) is 5.56 Å². The van der Waals surface area contributed by atoms with Crippen molar-refractivity contribution in [2.24, 2.45) is 0 Å². The van der Waals surface area contributed by atoms with Crippen LogP contribution in [0.1, 0.15) is 15.9 Å². The van der Waals surface area contributed by atoms with E-state index in [1.807, 2.05) is 6.92 Å². The molecule has 0 radical (unpaired) electrons. The Morgan fingerprint density at radius 1 is 1.27 bits per heavy atom. The van der Waals surface area contributed by atoms with Crippen LogP contribution >= 0.6 is 0 Å². The molecule has 0 unspecified atom stereocenters. The smallest absolute Gasteiger partial charge is 0.311 e. The van der Waals surface area contributed by atoms with E-state index < -0.39 is 10.8 Å². The van der Waals surface area contributed by atoms with Crippen LogP contribution in [-0.2, 0) is 0 Å². The number of methoxy groups -OCH3 is 1. The maximum Gasteiger partial charge on any atom is 0.311 e. The van der Waals surface area contributed by atoms with Crippen LogP contribution in [0, 0.1) is 17.0 Å². The minimum atomic E-state index is -0.600. The highest BCUT2D eigenvalue weighted by Gasteiger charge is 2.19. The van der Waals surface area contributed by atoms with Gasteiger partial charge in [-0.05, 0) is 36.8 Å². The van der Waals surface area contributed by atoms with E-state index in [9.17, 15) is 14.9 Å². The van der Waals surface area contributed by atoms with E-state index >= 15 is 0 Å². The highest BCUT2D eigenvalue weighted by atomic mass is 16.6. The predicted molar refractivity (Wildman–Crippen MR) is 92.1 cm³/mol. The second-order valence-electron chi connectivity index (χ2n) is 5.37. The molecule has 0 bridgehead atoms. The molecule has 9 nitrogen and oxygen atoms in total. The van der Waals surface area contributed by atoms with Crippen LogP contribution in [0.2, 0.25) is 0 Å². The zero-order chi connectivity index (χ0) is 18.7. The first kappa shape index (κ1) is 17.1. The first-order valence-corrected chi connectivity index (χ1v) is 7.50. The molecule has 0 spiro atoms. The highest BCUT2D eigenvalue weighted by Crippen LogP contribution is 2.29. The summed E-state index contributed by atoms with van der Waals surface area (Å²) in [6.07, 6.45) is 1.21. The lowest BCUT2D eigenvalue weighted by Gasteiger charge is -2.10. The lowest BCUT2D eigenvalue weighted by molar-refractivity contribution is -0.385. The van der Waals surface area contributed by atoms with Gasteiger partial charge >= 0.3 is 5.69 Å². The summed E-state index contributed by atoms with van der Waals surface area (Å²) in [6.45, 7) is 1.82. The van der Waals surface area contributed by atoms with Gasteiger partial charge in [0.25, 0.3) is 5.91 Å². The second kappa shape index (κ2) is 7.01. The van der Waals surface area contributed by atoms with Crippen LogP contribution < -0.4 is 10.1 Å². The van der Waals surface area contributed by atoms with Gasteiger partial charge in [0.2, 0.25) is 12.3 Å². The summed E-state index contributed by atoms with van der Waals surface area (Å²) in [7, 11) is 1.33. The Bertz CT molecular complexity index is 969. The van der Waals surface area contributed by atoms with E-state index in [0.29, 0.717) is 17.1 Å². The SMILES string of the molecule is COc1ccc(C(=O)Nc2cc(-c3nnco3)ccc2C)cc1[N+](=O)[O-]. The molecule has 1 heterocycles. The zero-order valence-corrected chi connectivity index (χ0v) is 13.9. The first-order chi connectivity index (χ1) is 12.5. The Morgan fingerprint density at radius 3 is 2.73 bits per heavy atom. The monoisotopic (exact) mass is 354 g/mol. The van der Waals surface area contributed by atoms with Gasteiger partial charge in [0.15, 0.2) is 5.75 Å². The van der Waals surface area contributed by atoms with Crippen LogP contribution in [0.4, 0.5) is 11.4 Å². The van der Waals surface area contributed by atoms with Crippen molar-refractivity contribution in [2.45, 2.75) is 6.92 Å². The molecule has 0 saturated carbocycles. The normalized spacial score (nSPS) is 10.4. The Kier molecular flexibility index (Phi) is 4.61. The third-order valence-corrected chi connectivity index (χ3v) is 3.73. The standard InChI is InChI=1S/C17H14N4O5/c1-10-3-4-12(17-20-18-9-26-17)7-13(10)19-16(22)11-5-6-15(25-2)14(8-11)21(23)24/h3-9H,1-2H3,(H,19,22). The van der Waals surface area contributed by atoms with Crippen molar-refractivity contribution in [1.82, 2.24) is 10.2 Å². The number of anilines is 1. The molecule has 26 heavy (non-hydrogen) atoms. The maximum absolute atomic E-state index is 12.5. The molecule has 0 saturated heterocycles. The quantitative estimate of drug-likeness (QED) is 0.551. The lowest BCUT2D eigenvalue weighted by Crippen LogP contribution is -2.13. The van der Waals surface area contributed by atoms with Gasteiger partial charge in [-0.2, -0.15) is 0 Å². The van der Waals surface area contributed by atoms with E-state index in [1.165, 1.54) is 31.7 Å².